The highest BCUT2D eigenvalue weighted by Crippen LogP contribution is 2.29. The van der Waals surface area contributed by atoms with E-state index in [1.165, 1.54) is 24.3 Å². The first kappa shape index (κ1) is 27.1. The summed E-state index contributed by atoms with van der Waals surface area (Å²) in [5, 5.41) is 14.7. The Labute approximate surface area is 197 Å². The van der Waals surface area contributed by atoms with Crippen molar-refractivity contribution in [1.82, 2.24) is 16.0 Å². The molecule has 0 heterocycles. The largest absolute Gasteiger partial charge is 0.350 e. The number of Topliss-reactive ketones (excluding diaryl/α,β-unsaturated/α-hetero) is 1. The van der Waals surface area contributed by atoms with E-state index in [9.17, 15) is 32.0 Å². The standard InChI is InChI=1S/C22H29FN4O6S/c1-34(32,33)11-10-19(26-20(29)15-4-5-15)22(31)27-18(9-8-17(28)12-24)21(30)25-13-14-2-6-16(23)7-3-14/h2-3,6-7,12,15,18-19,24H,4-5,8-11,13H2,1H3,(H,25,30)(H,26,29)(H,27,31)/t18-,19-/m0/s1. The zero-order valence-corrected chi connectivity index (χ0v) is 19.6. The molecule has 12 heteroatoms. The predicted octanol–water partition coefficient (Wildman–Crippen LogP) is 0.255. The van der Waals surface area contributed by atoms with Crippen molar-refractivity contribution in [2.24, 2.45) is 5.92 Å². The number of rotatable bonds is 14. The topological polar surface area (TPSA) is 162 Å². The average molecular weight is 497 g/mol. The number of hydrogen-bond acceptors (Lipinski definition) is 7. The van der Waals surface area contributed by atoms with Crippen LogP contribution in [0.25, 0.3) is 0 Å². The van der Waals surface area contributed by atoms with Gasteiger partial charge in [0.1, 0.15) is 27.7 Å². The van der Waals surface area contributed by atoms with Gasteiger partial charge in [-0.05, 0) is 43.4 Å². The third-order valence-electron chi connectivity index (χ3n) is 5.21. The van der Waals surface area contributed by atoms with Gasteiger partial charge in [0.25, 0.3) is 0 Å². The summed E-state index contributed by atoms with van der Waals surface area (Å²) in [6, 6.07) is 3.09. The van der Waals surface area contributed by atoms with Crippen molar-refractivity contribution in [1.29, 1.82) is 5.41 Å². The molecule has 1 aliphatic carbocycles. The van der Waals surface area contributed by atoms with Gasteiger partial charge in [-0.3, -0.25) is 19.2 Å². The third-order valence-corrected chi connectivity index (χ3v) is 6.19. The van der Waals surface area contributed by atoms with Crippen LogP contribution in [0.1, 0.15) is 37.7 Å². The number of carbonyl (C=O) groups excluding carboxylic acids is 4. The predicted molar refractivity (Wildman–Crippen MR) is 122 cm³/mol. The van der Waals surface area contributed by atoms with E-state index < -0.39 is 45.3 Å². The molecule has 0 radical (unpaired) electrons. The molecular weight excluding hydrogens is 467 g/mol. The van der Waals surface area contributed by atoms with E-state index in [1.807, 2.05) is 0 Å². The van der Waals surface area contributed by atoms with Gasteiger partial charge in [0, 0.05) is 25.1 Å². The van der Waals surface area contributed by atoms with Crippen molar-refractivity contribution in [3.63, 3.8) is 0 Å². The minimum absolute atomic E-state index is 0.0416. The second-order valence-corrected chi connectivity index (χ2v) is 10.6. The fraction of sp³-hybridized carbons (Fsp3) is 0.500. The molecule has 0 spiro atoms. The summed E-state index contributed by atoms with van der Waals surface area (Å²) >= 11 is 0. The molecule has 34 heavy (non-hydrogen) atoms. The Hall–Kier alpha value is -3.15. The Morgan fingerprint density at radius 2 is 1.68 bits per heavy atom. The average Bonchev–Trinajstić information content (AvgIpc) is 3.63. The molecule has 0 aliphatic heterocycles. The molecule has 0 aromatic heterocycles. The minimum atomic E-state index is -3.41. The molecule has 1 aromatic rings. The van der Waals surface area contributed by atoms with Crippen molar-refractivity contribution >= 4 is 39.6 Å². The highest BCUT2D eigenvalue weighted by Gasteiger charge is 2.34. The highest BCUT2D eigenvalue weighted by atomic mass is 32.2. The van der Waals surface area contributed by atoms with Crippen LogP contribution < -0.4 is 16.0 Å². The Kier molecular flexibility index (Phi) is 9.84. The van der Waals surface area contributed by atoms with Crippen LogP contribution in [0.2, 0.25) is 0 Å². The summed E-state index contributed by atoms with van der Waals surface area (Å²) in [5.74, 6) is -3.25. The summed E-state index contributed by atoms with van der Waals surface area (Å²) < 4.78 is 36.2. The first-order chi connectivity index (χ1) is 16.0. The fourth-order valence-electron chi connectivity index (χ4n) is 3.05. The summed E-state index contributed by atoms with van der Waals surface area (Å²) in [7, 11) is -3.41. The van der Waals surface area contributed by atoms with Gasteiger partial charge in [0.15, 0.2) is 5.78 Å². The fourth-order valence-corrected chi connectivity index (χ4v) is 3.71. The first-order valence-corrected chi connectivity index (χ1v) is 12.9. The maximum atomic E-state index is 13.1. The maximum Gasteiger partial charge on any atom is 0.243 e. The minimum Gasteiger partial charge on any atom is -0.350 e. The number of nitrogens with one attached hydrogen (secondary N) is 4. The van der Waals surface area contributed by atoms with Gasteiger partial charge >= 0.3 is 0 Å². The molecule has 0 bridgehead atoms. The van der Waals surface area contributed by atoms with Gasteiger partial charge in [0.2, 0.25) is 17.7 Å². The number of carbonyl (C=O) groups is 4. The number of hydrogen-bond donors (Lipinski definition) is 4. The van der Waals surface area contributed by atoms with Gasteiger partial charge in [-0.15, -0.1) is 0 Å². The van der Waals surface area contributed by atoms with Crippen molar-refractivity contribution in [3.05, 3.63) is 35.6 Å². The number of sulfone groups is 1. The second-order valence-electron chi connectivity index (χ2n) is 8.31. The Bertz CT molecular complexity index is 1020. The lowest BCUT2D eigenvalue weighted by Gasteiger charge is -2.23. The molecule has 1 aromatic carbocycles. The summed E-state index contributed by atoms with van der Waals surface area (Å²) in [4.78, 5) is 49.4. The molecule has 2 rings (SSSR count). The van der Waals surface area contributed by atoms with Gasteiger partial charge in [-0.1, -0.05) is 12.1 Å². The summed E-state index contributed by atoms with van der Waals surface area (Å²) in [6.45, 7) is 0.0416. The van der Waals surface area contributed by atoms with Crippen LogP contribution in [0.5, 0.6) is 0 Å². The summed E-state index contributed by atoms with van der Waals surface area (Å²) in [6.07, 6.45) is 2.54. The van der Waals surface area contributed by atoms with E-state index in [0.29, 0.717) is 24.6 Å². The van der Waals surface area contributed by atoms with E-state index >= 15 is 0 Å². The molecule has 4 N–H and O–H groups in total. The molecule has 0 saturated heterocycles. The van der Waals surface area contributed by atoms with Crippen LogP contribution in [0.15, 0.2) is 24.3 Å². The Balaban J connectivity index is 2.08. The van der Waals surface area contributed by atoms with Crippen molar-refractivity contribution < 1.29 is 32.0 Å². The van der Waals surface area contributed by atoms with Crippen molar-refractivity contribution in [3.8, 4) is 0 Å². The Morgan fingerprint density at radius 3 is 2.24 bits per heavy atom. The molecule has 186 valence electrons. The molecule has 10 nitrogen and oxygen atoms in total. The molecule has 0 unspecified atom stereocenters. The van der Waals surface area contributed by atoms with Gasteiger partial charge in [0.05, 0.1) is 12.0 Å². The molecular formula is C22H29FN4O6S. The first-order valence-electron chi connectivity index (χ1n) is 10.8. The van der Waals surface area contributed by atoms with E-state index in [2.05, 4.69) is 16.0 Å². The van der Waals surface area contributed by atoms with Crippen LogP contribution >= 0.6 is 0 Å². The molecule has 3 amide bonds. The van der Waals surface area contributed by atoms with E-state index in [0.717, 1.165) is 6.26 Å². The number of amides is 3. The van der Waals surface area contributed by atoms with Gasteiger partial charge < -0.3 is 21.4 Å². The lowest BCUT2D eigenvalue weighted by atomic mass is 10.1. The zero-order chi connectivity index (χ0) is 25.3. The van der Waals surface area contributed by atoms with Crippen LogP contribution in [0.4, 0.5) is 4.39 Å². The van der Waals surface area contributed by atoms with Gasteiger partial charge in [-0.25, -0.2) is 12.8 Å². The quantitative estimate of drug-likeness (QED) is 0.270. The van der Waals surface area contributed by atoms with Gasteiger partial charge in [-0.2, -0.15) is 0 Å². The monoisotopic (exact) mass is 496 g/mol. The van der Waals surface area contributed by atoms with E-state index in [4.69, 9.17) is 5.41 Å². The number of ketones is 1. The number of halogens is 1. The Morgan fingerprint density at radius 1 is 1.06 bits per heavy atom. The maximum absolute atomic E-state index is 13.1. The number of benzene rings is 1. The van der Waals surface area contributed by atoms with Crippen molar-refractivity contribution in [2.45, 2.75) is 50.7 Å². The molecule has 1 aliphatic rings. The SMILES string of the molecule is CS(=O)(=O)CC[C@H](NC(=O)C1CC1)C(=O)N[C@@H](CCC(=O)C=N)C(=O)NCc1ccc(F)cc1. The van der Waals surface area contributed by atoms with Crippen LogP contribution in [0, 0.1) is 17.1 Å². The van der Waals surface area contributed by atoms with E-state index in [1.54, 1.807) is 0 Å². The summed E-state index contributed by atoms with van der Waals surface area (Å²) in [5.41, 5.74) is 0.609. The van der Waals surface area contributed by atoms with Crippen LogP contribution in [0.3, 0.4) is 0 Å². The zero-order valence-electron chi connectivity index (χ0n) is 18.8. The van der Waals surface area contributed by atoms with Crippen molar-refractivity contribution in [2.75, 3.05) is 12.0 Å². The smallest absolute Gasteiger partial charge is 0.243 e. The lowest BCUT2D eigenvalue weighted by molar-refractivity contribution is -0.132. The molecule has 1 fully saturated rings. The molecule has 2 atom stereocenters. The van der Waals surface area contributed by atoms with Crippen LogP contribution in [-0.4, -0.2) is 62.2 Å². The molecule has 1 saturated carbocycles. The van der Waals surface area contributed by atoms with E-state index in [-0.39, 0.29) is 43.4 Å². The second kappa shape index (κ2) is 12.4. The van der Waals surface area contributed by atoms with Crippen LogP contribution in [-0.2, 0) is 35.6 Å². The third kappa shape index (κ3) is 9.77. The highest BCUT2D eigenvalue weighted by molar-refractivity contribution is 7.90. The normalized spacial score (nSPS) is 15.0. The lowest BCUT2D eigenvalue weighted by Crippen LogP contribution is -2.54.